The Kier molecular flexibility index (Phi) is 4.62. The van der Waals surface area contributed by atoms with Crippen LogP contribution < -0.4 is 10.5 Å². The highest BCUT2D eigenvalue weighted by Gasteiger charge is 2.29. The molecule has 0 amide bonds. The fourth-order valence-corrected chi connectivity index (χ4v) is 4.01. The van der Waals surface area contributed by atoms with Gasteiger partial charge in [0.25, 0.3) is 5.56 Å². The van der Waals surface area contributed by atoms with E-state index in [1.807, 2.05) is 41.3 Å². The summed E-state index contributed by atoms with van der Waals surface area (Å²) in [5.74, 6) is -1.29. The normalized spacial score (nSPS) is 17.2. The van der Waals surface area contributed by atoms with E-state index in [1.165, 1.54) is 0 Å². The lowest BCUT2D eigenvalue weighted by molar-refractivity contribution is -0.141. The van der Waals surface area contributed by atoms with Gasteiger partial charge in [0.15, 0.2) is 0 Å². The van der Waals surface area contributed by atoms with Crippen molar-refractivity contribution in [3.8, 4) is 11.1 Å². The number of aliphatic carboxylic acids is 1. The Labute approximate surface area is 161 Å². The number of H-pyrrole nitrogens is 1. The molecule has 2 heterocycles. The fourth-order valence-electron chi connectivity index (χ4n) is 3.84. The minimum Gasteiger partial charge on any atom is -0.481 e. The number of anilines is 1. The van der Waals surface area contributed by atoms with Crippen molar-refractivity contribution >= 4 is 34.2 Å². The molecule has 138 valence electrons. The van der Waals surface area contributed by atoms with Crippen LogP contribution in [0, 0.1) is 5.92 Å². The van der Waals surface area contributed by atoms with Gasteiger partial charge in [-0.15, -0.1) is 0 Å². The van der Waals surface area contributed by atoms with Crippen LogP contribution in [0.5, 0.6) is 0 Å². The van der Waals surface area contributed by atoms with Crippen molar-refractivity contribution in [1.82, 2.24) is 4.98 Å². The Hall–Kier alpha value is -2.79. The van der Waals surface area contributed by atoms with Crippen LogP contribution in [-0.4, -0.2) is 29.1 Å². The minimum atomic E-state index is -0.818. The van der Waals surface area contributed by atoms with Gasteiger partial charge in [0.05, 0.1) is 5.92 Å². The van der Waals surface area contributed by atoms with Gasteiger partial charge in [-0.1, -0.05) is 41.9 Å². The van der Waals surface area contributed by atoms with Crippen molar-refractivity contribution in [2.24, 2.45) is 5.92 Å². The quantitative estimate of drug-likeness (QED) is 0.713. The Morgan fingerprint density at radius 3 is 2.70 bits per heavy atom. The van der Waals surface area contributed by atoms with E-state index < -0.39 is 11.9 Å². The number of benzene rings is 2. The molecule has 1 unspecified atom stereocenters. The van der Waals surface area contributed by atoms with Crippen molar-refractivity contribution in [2.75, 3.05) is 18.0 Å². The molecule has 0 saturated carbocycles. The van der Waals surface area contributed by atoms with Crippen LogP contribution in [0.4, 0.5) is 5.69 Å². The number of carboxylic acids is 1. The number of piperidine rings is 1. The number of hydrogen-bond donors (Lipinski definition) is 2. The highest BCUT2D eigenvalue weighted by Crippen LogP contribution is 2.36. The maximum Gasteiger partial charge on any atom is 0.308 e. The van der Waals surface area contributed by atoms with Crippen molar-refractivity contribution in [1.29, 1.82) is 0 Å². The molecule has 1 aliphatic heterocycles. The van der Waals surface area contributed by atoms with Crippen LogP contribution in [0.2, 0.25) is 5.02 Å². The summed E-state index contributed by atoms with van der Waals surface area (Å²) in [7, 11) is 0. The molecular weight excluding hydrogens is 364 g/mol. The van der Waals surface area contributed by atoms with Gasteiger partial charge in [0.2, 0.25) is 0 Å². The number of nitrogens with one attached hydrogen (secondary N) is 1. The van der Waals surface area contributed by atoms with Gasteiger partial charge in [-0.2, -0.15) is 0 Å². The first kappa shape index (κ1) is 17.6. The number of rotatable bonds is 3. The highest BCUT2D eigenvalue weighted by atomic mass is 35.5. The lowest BCUT2D eigenvalue weighted by Crippen LogP contribution is -2.41. The van der Waals surface area contributed by atoms with Crippen LogP contribution in [0.3, 0.4) is 0 Å². The van der Waals surface area contributed by atoms with Gasteiger partial charge < -0.3 is 15.0 Å². The predicted octanol–water partition coefficient (Wildman–Crippen LogP) is 4.15. The van der Waals surface area contributed by atoms with Gasteiger partial charge in [0.1, 0.15) is 5.69 Å². The molecule has 27 heavy (non-hydrogen) atoms. The zero-order valence-electron chi connectivity index (χ0n) is 14.6. The number of nitrogens with zero attached hydrogens (tertiary/aromatic N) is 1. The van der Waals surface area contributed by atoms with E-state index in [0.717, 1.165) is 22.9 Å². The van der Waals surface area contributed by atoms with Crippen LogP contribution in [0.25, 0.3) is 22.0 Å². The molecule has 4 rings (SSSR count). The third-order valence-corrected chi connectivity index (χ3v) is 5.34. The van der Waals surface area contributed by atoms with Gasteiger partial charge in [-0.05, 0) is 36.6 Å². The van der Waals surface area contributed by atoms with E-state index in [-0.39, 0.29) is 5.56 Å². The highest BCUT2D eigenvalue weighted by molar-refractivity contribution is 6.31. The zero-order valence-corrected chi connectivity index (χ0v) is 15.4. The average Bonchev–Trinajstić information content (AvgIpc) is 2.68. The average molecular weight is 383 g/mol. The van der Waals surface area contributed by atoms with Gasteiger partial charge >= 0.3 is 5.97 Å². The Morgan fingerprint density at radius 1 is 1.19 bits per heavy atom. The number of aromatic nitrogens is 1. The van der Waals surface area contributed by atoms with Crippen molar-refractivity contribution in [3.05, 3.63) is 63.9 Å². The summed E-state index contributed by atoms with van der Waals surface area (Å²) in [6.07, 6.45) is 1.36. The van der Waals surface area contributed by atoms with E-state index in [2.05, 4.69) is 4.98 Å². The molecule has 2 N–H and O–H groups in total. The maximum absolute atomic E-state index is 13.0. The van der Waals surface area contributed by atoms with Crippen LogP contribution in [0.15, 0.2) is 53.3 Å². The molecule has 0 radical (unpaired) electrons. The lowest BCUT2D eigenvalue weighted by atomic mass is 9.94. The van der Waals surface area contributed by atoms with E-state index in [0.29, 0.717) is 35.7 Å². The van der Waals surface area contributed by atoms with Crippen molar-refractivity contribution in [2.45, 2.75) is 12.8 Å². The first-order chi connectivity index (χ1) is 13.0. The summed E-state index contributed by atoms with van der Waals surface area (Å²) in [5, 5.41) is 10.9. The second kappa shape index (κ2) is 7.08. The third kappa shape index (κ3) is 3.30. The summed E-state index contributed by atoms with van der Waals surface area (Å²) in [6, 6.07) is 15.1. The Bertz CT molecular complexity index is 1060. The van der Waals surface area contributed by atoms with Crippen LogP contribution >= 0.6 is 11.6 Å². The number of aromatic amines is 1. The van der Waals surface area contributed by atoms with Gasteiger partial charge in [-0.25, -0.2) is 0 Å². The SMILES string of the molecule is O=C(O)C1CCCN(c2c(-c3ccccc3)c3cc(Cl)ccc3[nH]c2=O)C1. The smallest absolute Gasteiger partial charge is 0.308 e. The van der Waals surface area contributed by atoms with Crippen molar-refractivity contribution in [3.63, 3.8) is 0 Å². The molecule has 2 aromatic carbocycles. The second-order valence-corrected chi connectivity index (χ2v) is 7.29. The standard InChI is InChI=1S/C21H19ClN2O3/c22-15-8-9-17-16(11-15)18(13-5-2-1-3-6-13)19(20(25)23-17)24-10-4-7-14(12-24)21(26)27/h1-3,5-6,8-9,11,14H,4,7,10,12H2,(H,23,25)(H,26,27). The number of pyridine rings is 1. The molecule has 3 aromatic rings. The van der Waals surface area contributed by atoms with Crippen molar-refractivity contribution < 1.29 is 9.90 Å². The summed E-state index contributed by atoms with van der Waals surface area (Å²) in [5.41, 5.74) is 2.71. The molecule has 5 nitrogen and oxygen atoms in total. The molecule has 1 atom stereocenters. The predicted molar refractivity (Wildman–Crippen MR) is 108 cm³/mol. The van der Waals surface area contributed by atoms with Gasteiger partial charge in [0, 0.05) is 34.6 Å². The van der Waals surface area contributed by atoms with Crippen LogP contribution in [0.1, 0.15) is 12.8 Å². The largest absolute Gasteiger partial charge is 0.481 e. The molecule has 0 spiro atoms. The summed E-state index contributed by atoms with van der Waals surface area (Å²) in [4.78, 5) is 29.3. The van der Waals surface area contributed by atoms with E-state index >= 15 is 0 Å². The molecule has 1 saturated heterocycles. The zero-order chi connectivity index (χ0) is 19.0. The maximum atomic E-state index is 13.0. The fraction of sp³-hybridized carbons (Fsp3) is 0.238. The van der Waals surface area contributed by atoms with E-state index in [9.17, 15) is 14.7 Å². The first-order valence-corrected chi connectivity index (χ1v) is 9.31. The molecular formula is C21H19ClN2O3. The number of halogens is 1. The minimum absolute atomic E-state index is 0.213. The third-order valence-electron chi connectivity index (χ3n) is 5.10. The Morgan fingerprint density at radius 2 is 1.96 bits per heavy atom. The topological polar surface area (TPSA) is 73.4 Å². The molecule has 1 fully saturated rings. The number of carboxylic acid groups (broad SMARTS) is 1. The molecule has 6 heteroatoms. The number of hydrogen-bond acceptors (Lipinski definition) is 3. The molecule has 1 aliphatic rings. The van der Waals surface area contributed by atoms with Gasteiger partial charge in [-0.3, -0.25) is 9.59 Å². The second-order valence-electron chi connectivity index (χ2n) is 6.86. The Balaban J connectivity index is 1.98. The van der Waals surface area contributed by atoms with E-state index in [1.54, 1.807) is 12.1 Å². The summed E-state index contributed by atoms with van der Waals surface area (Å²) in [6.45, 7) is 0.975. The first-order valence-electron chi connectivity index (χ1n) is 8.93. The monoisotopic (exact) mass is 382 g/mol. The number of fused-ring (bicyclic) bond motifs is 1. The summed E-state index contributed by atoms with van der Waals surface area (Å²) >= 11 is 6.24. The number of carbonyl (C=O) groups is 1. The molecule has 0 bridgehead atoms. The lowest BCUT2D eigenvalue weighted by Gasteiger charge is -2.33. The summed E-state index contributed by atoms with van der Waals surface area (Å²) < 4.78 is 0. The van der Waals surface area contributed by atoms with Crippen LogP contribution in [-0.2, 0) is 4.79 Å². The molecule has 0 aliphatic carbocycles. The molecule has 1 aromatic heterocycles. The van der Waals surface area contributed by atoms with E-state index in [4.69, 9.17) is 11.6 Å².